The van der Waals surface area contributed by atoms with Crippen LogP contribution in [-0.2, 0) is 4.74 Å². The highest BCUT2D eigenvalue weighted by molar-refractivity contribution is 7.17. The Bertz CT molecular complexity index is 426. The maximum atomic E-state index is 12.3. The van der Waals surface area contributed by atoms with E-state index >= 15 is 0 Å². The Balaban J connectivity index is 2.03. The van der Waals surface area contributed by atoms with Gasteiger partial charge in [-0.25, -0.2) is 0 Å². The van der Waals surface area contributed by atoms with E-state index in [1.165, 1.54) is 11.3 Å². The summed E-state index contributed by atoms with van der Waals surface area (Å²) in [7, 11) is 0. The first-order valence-corrected chi connectivity index (χ1v) is 7.14. The molecule has 0 radical (unpaired) electrons. The average molecular weight is 286 g/mol. The van der Waals surface area contributed by atoms with Gasteiger partial charge in [-0.05, 0) is 6.42 Å². The second-order valence-electron chi connectivity index (χ2n) is 4.25. The van der Waals surface area contributed by atoms with Crippen molar-refractivity contribution >= 4 is 22.4 Å². The van der Waals surface area contributed by atoms with Gasteiger partial charge >= 0.3 is 0 Å². The number of carbonyl (C=O) groups is 1. The number of ether oxygens (including phenoxy) is 1. The van der Waals surface area contributed by atoms with Gasteiger partial charge in [0.1, 0.15) is 0 Å². The van der Waals surface area contributed by atoms with Crippen LogP contribution < -0.4 is 5.32 Å². The molecule has 2 heterocycles. The molecule has 2 rings (SSSR count). The number of aromatic nitrogens is 2. The van der Waals surface area contributed by atoms with E-state index in [2.05, 4.69) is 22.4 Å². The van der Waals surface area contributed by atoms with E-state index in [-0.39, 0.29) is 18.6 Å². The van der Waals surface area contributed by atoms with Gasteiger partial charge in [-0.15, -0.1) is 10.2 Å². The predicted molar refractivity (Wildman–Crippen MR) is 71.4 cm³/mol. The average Bonchev–Trinajstić information content (AvgIpc) is 2.93. The topological polar surface area (TPSA) is 87.6 Å². The second-order valence-corrected chi connectivity index (χ2v) is 5.23. The third-order valence-electron chi connectivity index (χ3n) is 2.83. The molecule has 1 aliphatic rings. The molecule has 7 nitrogen and oxygen atoms in total. The third-order valence-corrected chi connectivity index (χ3v) is 3.70. The largest absolute Gasteiger partial charge is 0.394 e. The lowest BCUT2D eigenvalue weighted by atomic mass is 10.2. The standard InChI is InChI=1S/C11H18N4O3S/c1-2-3-12-11-14-13-9(19-11)10(17)15-4-5-18-7-8(15)6-16/h8,16H,2-7H2,1H3,(H,12,14). The number of hydrogen-bond donors (Lipinski definition) is 2. The van der Waals surface area contributed by atoms with Crippen molar-refractivity contribution in [3.8, 4) is 0 Å². The zero-order valence-electron chi connectivity index (χ0n) is 10.8. The predicted octanol–water partition coefficient (Wildman–Crippen LogP) is 0.193. The van der Waals surface area contributed by atoms with Crippen LogP contribution in [0.2, 0.25) is 0 Å². The summed E-state index contributed by atoms with van der Waals surface area (Å²) in [4.78, 5) is 13.9. The fourth-order valence-electron chi connectivity index (χ4n) is 1.81. The fraction of sp³-hybridized carbons (Fsp3) is 0.727. The minimum atomic E-state index is -0.294. The molecular weight excluding hydrogens is 268 g/mol. The van der Waals surface area contributed by atoms with Crippen molar-refractivity contribution in [1.29, 1.82) is 0 Å². The van der Waals surface area contributed by atoms with Gasteiger partial charge in [0, 0.05) is 13.1 Å². The quantitative estimate of drug-likeness (QED) is 0.803. The summed E-state index contributed by atoms with van der Waals surface area (Å²) in [6.45, 7) is 4.08. The number of aliphatic hydroxyl groups is 1. The normalized spacial score (nSPS) is 19.5. The van der Waals surface area contributed by atoms with E-state index in [1.807, 2.05) is 0 Å². The molecule has 0 aromatic carbocycles. The van der Waals surface area contributed by atoms with Crippen LogP contribution in [0.3, 0.4) is 0 Å². The summed E-state index contributed by atoms with van der Waals surface area (Å²) >= 11 is 1.24. The monoisotopic (exact) mass is 286 g/mol. The molecular formula is C11H18N4O3S. The van der Waals surface area contributed by atoms with Crippen LogP contribution in [0.15, 0.2) is 0 Å². The van der Waals surface area contributed by atoms with E-state index < -0.39 is 0 Å². The maximum absolute atomic E-state index is 12.3. The van der Waals surface area contributed by atoms with Crippen LogP contribution in [-0.4, -0.2) is 65.1 Å². The van der Waals surface area contributed by atoms with Gasteiger partial charge in [-0.3, -0.25) is 4.79 Å². The number of morpholine rings is 1. The Labute approximate surface area is 115 Å². The highest BCUT2D eigenvalue weighted by Crippen LogP contribution is 2.19. The van der Waals surface area contributed by atoms with Crippen LogP contribution in [0.4, 0.5) is 5.13 Å². The van der Waals surface area contributed by atoms with Crippen LogP contribution in [0.5, 0.6) is 0 Å². The van der Waals surface area contributed by atoms with E-state index in [9.17, 15) is 9.90 Å². The molecule has 1 amide bonds. The number of anilines is 1. The fourth-order valence-corrected chi connectivity index (χ4v) is 2.53. The summed E-state index contributed by atoms with van der Waals surface area (Å²) in [6, 6.07) is -0.294. The summed E-state index contributed by atoms with van der Waals surface area (Å²) in [6.07, 6.45) is 0.985. The van der Waals surface area contributed by atoms with Crippen LogP contribution in [0, 0.1) is 0 Å². The highest BCUT2D eigenvalue weighted by Gasteiger charge is 2.29. The number of hydrogen-bond acceptors (Lipinski definition) is 7. The molecule has 106 valence electrons. The Kier molecular flexibility index (Phi) is 5.06. The first-order chi connectivity index (χ1) is 9.26. The van der Waals surface area contributed by atoms with Gasteiger partial charge in [0.2, 0.25) is 10.1 Å². The number of carbonyl (C=O) groups excluding carboxylic acids is 1. The van der Waals surface area contributed by atoms with Gasteiger partial charge in [-0.1, -0.05) is 18.3 Å². The van der Waals surface area contributed by atoms with Crippen LogP contribution in [0.25, 0.3) is 0 Å². The molecule has 1 fully saturated rings. The molecule has 1 aromatic rings. The van der Waals surface area contributed by atoms with Crippen molar-refractivity contribution in [2.45, 2.75) is 19.4 Å². The number of nitrogens with zero attached hydrogens (tertiary/aromatic N) is 3. The SMILES string of the molecule is CCCNc1nnc(C(=O)N2CCOCC2CO)s1. The van der Waals surface area contributed by atoms with Crippen molar-refractivity contribution in [3.63, 3.8) is 0 Å². The van der Waals surface area contributed by atoms with Crippen molar-refractivity contribution in [2.75, 3.05) is 38.2 Å². The van der Waals surface area contributed by atoms with Gasteiger partial charge in [0.25, 0.3) is 5.91 Å². The summed E-state index contributed by atoms with van der Waals surface area (Å²) in [5, 5.41) is 21.2. The van der Waals surface area contributed by atoms with Crippen molar-refractivity contribution in [1.82, 2.24) is 15.1 Å². The zero-order valence-corrected chi connectivity index (χ0v) is 11.7. The number of aliphatic hydroxyl groups excluding tert-OH is 1. The molecule has 0 aliphatic carbocycles. The Morgan fingerprint density at radius 1 is 1.63 bits per heavy atom. The lowest BCUT2D eigenvalue weighted by molar-refractivity contribution is -0.0184. The Hall–Kier alpha value is -1.25. The molecule has 1 saturated heterocycles. The smallest absolute Gasteiger partial charge is 0.285 e. The molecule has 0 saturated carbocycles. The number of rotatable bonds is 5. The molecule has 8 heteroatoms. The molecule has 0 bridgehead atoms. The minimum Gasteiger partial charge on any atom is -0.394 e. The van der Waals surface area contributed by atoms with Gasteiger partial charge in [0.05, 0.1) is 25.9 Å². The molecule has 1 aromatic heterocycles. The van der Waals surface area contributed by atoms with Crippen molar-refractivity contribution < 1.29 is 14.6 Å². The summed E-state index contributed by atoms with van der Waals surface area (Å²) < 4.78 is 5.25. The lowest BCUT2D eigenvalue weighted by Gasteiger charge is -2.33. The molecule has 2 N–H and O–H groups in total. The van der Waals surface area contributed by atoms with E-state index in [0.717, 1.165) is 13.0 Å². The molecule has 0 spiro atoms. The van der Waals surface area contributed by atoms with Crippen LogP contribution >= 0.6 is 11.3 Å². The highest BCUT2D eigenvalue weighted by atomic mass is 32.1. The number of amides is 1. The van der Waals surface area contributed by atoms with Gasteiger partial charge in [0.15, 0.2) is 0 Å². The van der Waals surface area contributed by atoms with Gasteiger partial charge in [-0.2, -0.15) is 0 Å². The Morgan fingerprint density at radius 3 is 3.21 bits per heavy atom. The third kappa shape index (κ3) is 3.40. The first-order valence-electron chi connectivity index (χ1n) is 6.33. The lowest BCUT2D eigenvalue weighted by Crippen LogP contribution is -2.50. The molecule has 1 unspecified atom stereocenters. The Morgan fingerprint density at radius 2 is 2.47 bits per heavy atom. The zero-order chi connectivity index (χ0) is 13.7. The molecule has 19 heavy (non-hydrogen) atoms. The second kappa shape index (κ2) is 6.78. The van der Waals surface area contributed by atoms with E-state index in [4.69, 9.17) is 4.74 Å². The van der Waals surface area contributed by atoms with Crippen LogP contribution in [0.1, 0.15) is 23.1 Å². The number of nitrogens with one attached hydrogen (secondary N) is 1. The van der Waals surface area contributed by atoms with Gasteiger partial charge < -0.3 is 20.1 Å². The van der Waals surface area contributed by atoms with Crippen molar-refractivity contribution in [2.24, 2.45) is 0 Å². The molecule has 1 atom stereocenters. The van der Waals surface area contributed by atoms with E-state index in [1.54, 1.807) is 4.90 Å². The summed E-state index contributed by atoms with van der Waals surface area (Å²) in [5.74, 6) is -0.190. The van der Waals surface area contributed by atoms with Crippen molar-refractivity contribution in [3.05, 3.63) is 5.01 Å². The molecule has 1 aliphatic heterocycles. The first kappa shape index (κ1) is 14.2. The van der Waals surface area contributed by atoms with E-state index in [0.29, 0.717) is 29.9 Å². The minimum absolute atomic E-state index is 0.106. The maximum Gasteiger partial charge on any atom is 0.285 e. The summed E-state index contributed by atoms with van der Waals surface area (Å²) in [5.41, 5.74) is 0.